The summed E-state index contributed by atoms with van der Waals surface area (Å²) in [6.45, 7) is 0.516. The van der Waals surface area contributed by atoms with Gasteiger partial charge in [0, 0.05) is 5.56 Å². The Kier molecular flexibility index (Phi) is 6.55. The summed E-state index contributed by atoms with van der Waals surface area (Å²) in [5.74, 6) is -0.543. The summed E-state index contributed by atoms with van der Waals surface area (Å²) in [5.41, 5.74) is 2.24. The summed E-state index contributed by atoms with van der Waals surface area (Å²) in [5, 5.41) is 2.89. The average Bonchev–Trinajstić information content (AvgIpc) is 3.18. The Morgan fingerprint density at radius 1 is 0.938 bits per heavy atom. The number of carbonyl (C=O) groups excluding carboxylic acids is 1. The van der Waals surface area contributed by atoms with Crippen LogP contribution in [0.1, 0.15) is 12.0 Å². The molecule has 0 bridgehead atoms. The van der Waals surface area contributed by atoms with Gasteiger partial charge in [-0.15, -0.1) is 0 Å². The van der Waals surface area contributed by atoms with E-state index in [1.165, 1.54) is 24.3 Å². The highest BCUT2D eigenvalue weighted by Gasteiger charge is 2.16. The summed E-state index contributed by atoms with van der Waals surface area (Å²) in [6.07, 6.45) is 1.66. The number of nitrogens with zero attached hydrogens (tertiary/aromatic N) is 2. The number of imidazole rings is 1. The first kappa shape index (κ1) is 21.2. The van der Waals surface area contributed by atoms with Crippen LogP contribution in [0.2, 0.25) is 0 Å². The molecule has 4 rings (SSSR count). The molecule has 0 saturated carbocycles. The predicted molar refractivity (Wildman–Crippen MR) is 118 cm³/mol. The van der Waals surface area contributed by atoms with Crippen LogP contribution in [-0.4, -0.2) is 22.1 Å². The molecule has 1 heterocycles. The Morgan fingerprint density at radius 3 is 2.41 bits per heavy atom. The van der Waals surface area contributed by atoms with Gasteiger partial charge < -0.3 is 14.6 Å². The average molecular weight is 433 g/mol. The Morgan fingerprint density at radius 2 is 1.66 bits per heavy atom. The fourth-order valence-electron chi connectivity index (χ4n) is 3.24. The third-order valence-electron chi connectivity index (χ3n) is 4.83. The monoisotopic (exact) mass is 433 g/mol. The van der Waals surface area contributed by atoms with Gasteiger partial charge in [0.25, 0.3) is 0 Å². The van der Waals surface area contributed by atoms with Crippen LogP contribution in [-0.2, 0) is 11.3 Å². The first-order valence-corrected chi connectivity index (χ1v) is 10.1. The maximum atomic E-state index is 13.7. The number of anilines is 1. The lowest BCUT2D eigenvalue weighted by Gasteiger charge is -2.13. The Balaban J connectivity index is 1.51. The highest BCUT2D eigenvalue weighted by molar-refractivity contribution is 5.93. The molecule has 3 aromatic carbocycles. The van der Waals surface area contributed by atoms with Crippen molar-refractivity contribution in [3.63, 3.8) is 0 Å². The Bertz CT molecular complexity index is 1190. The number of ether oxygens (including phenoxy) is 1. The van der Waals surface area contributed by atoms with Crippen LogP contribution in [0, 0.1) is 11.6 Å². The van der Waals surface area contributed by atoms with E-state index in [0.29, 0.717) is 23.6 Å². The van der Waals surface area contributed by atoms with Crippen LogP contribution in [0.3, 0.4) is 0 Å². The predicted octanol–water partition coefficient (Wildman–Crippen LogP) is 5.28. The van der Waals surface area contributed by atoms with Gasteiger partial charge in [-0.3, -0.25) is 4.79 Å². The van der Waals surface area contributed by atoms with E-state index in [0.717, 1.165) is 5.56 Å². The summed E-state index contributed by atoms with van der Waals surface area (Å²) in [6, 6.07) is 21.7. The van der Waals surface area contributed by atoms with Gasteiger partial charge in [0.1, 0.15) is 17.3 Å². The van der Waals surface area contributed by atoms with Crippen LogP contribution < -0.4 is 10.1 Å². The zero-order valence-electron chi connectivity index (χ0n) is 17.2. The van der Waals surface area contributed by atoms with E-state index in [9.17, 15) is 13.6 Å². The van der Waals surface area contributed by atoms with E-state index < -0.39 is 5.82 Å². The van der Waals surface area contributed by atoms with Crippen LogP contribution in [0.5, 0.6) is 5.75 Å². The molecule has 1 N–H and O–H groups in total. The third-order valence-corrected chi connectivity index (χ3v) is 4.83. The van der Waals surface area contributed by atoms with Gasteiger partial charge >= 0.3 is 0 Å². The minimum Gasteiger partial charge on any atom is -0.490 e. The van der Waals surface area contributed by atoms with Crippen LogP contribution in [0.4, 0.5) is 14.6 Å². The smallest absolute Gasteiger partial charge is 0.228 e. The van der Waals surface area contributed by atoms with Gasteiger partial charge in [0.2, 0.25) is 5.91 Å². The first-order valence-electron chi connectivity index (χ1n) is 10.1. The maximum Gasteiger partial charge on any atom is 0.228 e. The molecule has 4 aromatic rings. The molecule has 0 saturated heterocycles. The van der Waals surface area contributed by atoms with Crippen molar-refractivity contribution in [2.45, 2.75) is 13.0 Å². The third kappa shape index (κ3) is 5.18. The van der Waals surface area contributed by atoms with Crippen molar-refractivity contribution in [3.8, 4) is 17.0 Å². The van der Waals surface area contributed by atoms with Crippen molar-refractivity contribution in [2.75, 3.05) is 11.9 Å². The van der Waals surface area contributed by atoms with E-state index in [-0.39, 0.29) is 30.5 Å². The molecule has 0 atom stereocenters. The van der Waals surface area contributed by atoms with Crippen molar-refractivity contribution < 1.29 is 18.3 Å². The molecule has 1 aromatic heterocycles. The number of hydrogen-bond donors (Lipinski definition) is 1. The Hall–Kier alpha value is -4.00. The van der Waals surface area contributed by atoms with Crippen molar-refractivity contribution in [1.29, 1.82) is 0 Å². The molecule has 1 amide bonds. The second-order valence-electron chi connectivity index (χ2n) is 7.14. The van der Waals surface area contributed by atoms with Gasteiger partial charge in [-0.05, 0) is 42.0 Å². The van der Waals surface area contributed by atoms with Crippen LogP contribution in [0.15, 0.2) is 85.2 Å². The van der Waals surface area contributed by atoms with E-state index in [2.05, 4.69) is 10.3 Å². The summed E-state index contributed by atoms with van der Waals surface area (Å²) >= 11 is 0. The van der Waals surface area contributed by atoms with Crippen LogP contribution in [0.25, 0.3) is 11.3 Å². The molecule has 0 radical (unpaired) electrons. The van der Waals surface area contributed by atoms with Crippen molar-refractivity contribution in [3.05, 3.63) is 102 Å². The van der Waals surface area contributed by atoms with Gasteiger partial charge in [-0.2, -0.15) is 0 Å². The van der Waals surface area contributed by atoms with Crippen molar-refractivity contribution in [2.24, 2.45) is 0 Å². The summed E-state index contributed by atoms with van der Waals surface area (Å²) < 4.78 is 34.3. The Labute approximate surface area is 184 Å². The molecule has 162 valence electrons. The number of nitrogens with one attached hydrogen (secondary N) is 1. The van der Waals surface area contributed by atoms with Crippen LogP contribution >= 0.6 is 0 Å². The van der Waals surface area contributed by atoms with E-state index in [1.807, 2.05) is 34.9 Å². The van der Waals surface area contributed by atoms with Gasteiger partial charge in [0.15, 0.2) is 11.6 Å². The molecule has 0 aliphatic heterocycles. The number of benzene rings is 3. The molecule has 0 fully saturated rings. The molecule has 0 aliphatic rings. The van der Waals surface area contributed by atoms with Gasteiger partial charge in [-0.25, -0.2) is 13.8 Å². The fourth-order valence-corrected chi connectivity index (χ4v) is 3.24. The molecule has 7 heteroatoms. The molecule has 0 spiro atoms. The second kappa shape index (κ2) is 9.87. The topological polar surface area (TPSA) is 56.1 Å². The van der Waals surface area contributed by atoms with Gasteiger partial charge in [0.05, 0.1) is 25.9 Å². The summed E-state index contributed by atoms with van der Waals surface area (Å²) in [7, 11) is 0. The van der Waals surface area contributed by atoms with Gasteiger partial charge in [-0.1, -0.05) is 42.5 Å². The highest BCUT2D eigenvalue weighted by Crippen LogP contribution is 2.28. The zero-order valence-corrected chi connectivity index (χ0v) is 17.2. The fraction of sp³-hybridized carbons (Fsp3) is 0.120. The van der Waals surface area contributed by atoms with E-state index >= 15 is 0 Å². The minimum absolute atomic E-state index is 0.0193. The zero-order chi connectivity index (χ0) is 22.3. The molecule has 32 heavy (non-hydrogen) atoms. The molecular weight excluding hydrogens is 412 g/mol. The lowest BCUT2D eigenvalue weighted by Crippen LogP contribution is -2.18. The SMILES string of the molecule is O=C(CCOc1ccccc1F)Nc1c(-c2ccc(F)cc2)ncn1Cc1ccccc1. The lowest BCUT2D eigenvalue weighted by atomic mass is 10.1. The lowest BCUT2D eigenvalue weighted by molar-refractivity contribution is -0.116. The molecule has 0 aliphatic carbocycles. The molecular formula is C25H21F2N3O2. The van der Waals surface area contributed by atoms with Crippen molar-refractivity contribution >= 4 is 11.7 Å². The second-order valence-corrected chi connectivity index (χ2v) is 7.14. The van der Waals surface area contributed by atoms with Crippen molar-refractivity contribution in [1.82, 2.24) is 9.55 Å². The quantitative estimate of drug-likeness (QED) is 0.411. The van der Waals surface area contributed by atoms with E-state index in [1.54, 1.807) is 30.6 Å². The number of halogens is 2. The number of hydrogen-bond acceptors (Lipinski definition) is 3. The summed E-state index contributed by atoms with van der Waals surface area (Å²) in [4.78, 5) is 17.1. The van der Waals surface area contributed by atoms with E-state index in [4.69, 9.17) is 4.74 Å². The number of aromatic nitrogens is 2. The number of para-hydroxylation sites is 1. The number of amides is 1. The highest BCUT2D eigenvalue weighted by atomic mass is 19.1. The number of rotatable bonds is 8. The molecule has 0 unspecified atom stereocenters. The first-order chi connectivity index (χ1) is 15.6. The minimum atomic E-state index is -0.479. The standard InChI is InChI=1S/C25H21F2N3O2/c26-20-12-10-19(11-13-20)24-25(30(17-28-24)16-18-6-2-1-3-7-18)29-23(31)14-15-32-22-9-5-4-8-21(22)27/h1-13,17H,14-16H2,(H,29,31). The molecule has 5 nitrogen and oxygen atoms in total. The largest absolute Gasteiger partial charge is 0.490 e. The maximum absolute atomic E-state index is 13.7. The number of carbonyl (C=O) groups is 1. The normalized spacial score (nSPS) is 10.7.